The Labute approximate surface area is 137 Å². The molecule has 0 spiro atoms. The summed E-state index contributed by atoms with van der Waals surface area (Å²) in [5.41, 5.74) is 2.51. The molecule has 0 fully saturated rings. The van der Waals surface area contributed by atoms with Crippen LogP contribution in [0.5, 0.6) is 5.75 Å². The number of carbonyl (C=O) groups excluding carboxylic acids is 1. The summed E-state index contributed by atoms with van der Waals surface area (Å²) in [6.45, 7) is 7.40. The minimum absolute atomic E-state index is 0.0618. The Morgan fingerprint density at radius 3 is 2.48 bits per heavy atom. The summed E-state index contributed by atoms with van der Waals surface area (Å²) in [6, 6.07) is 14.6. The Kier molecular flexibility index (Phi) is 5.27. The van der Waals surface area contributed by atoms with E-state index in [-0.39, 0.29) is 17.1 Å². The number of hydrogen-bond donors (Lipinski definition) is 3. The number of aromatic hydroxyl groups is 1. The van der Waals surface area contributed by atoms with Crippen molar-refractivity contribution in [2.45, 2.75) is 26.2 Å². The standard InChI is InChI=1S/C19H24N2O2/c1-19(2,3)17-10-5-4-9-16(17)18(23)21-12-11-20-14-7-6-8-15(22)13-14/h4-10,13,20,22H,11-12H2,1-3H3,(H,21,23). The highest BCUT2D eigenvalue weighted by atomic mass is 16.3. The minimum Gasteiger partial charge on any atom is -0.508 e. The lowest BCUT2D eigenvalue weighted by atomic mass is 9.83. The van der Waals surface area contributed by atoms with Gasteiger partial charge in [0, 0.05) is 30.4 Å². The van der Waals surface area contributed by atoms with Crippen molar-refractivity contribution in [2.24, 2.45) is 0 Å². The number of amides is 1. The first-order valence-corrected chi connectivity index (χ1v) is 7.78. The fourth-order valence-corrected chi connectivity index (χ4v) is 2.43. The van der Waals surface area contributed by atoms with Crippen LogP contribution in [0.4, 0.5) is 5.69 Å². The highest BCUT2D eigenvalue weighted by Crippen LogP contribution is 2.25. The number of phenols is 1. The van der Waals surface area contributed by atoms with Crippen LogP contribution in [0.3, 0.4) is 0 Å². The molecule has 2 aromatic carbocycles. The third kappa shape index (κ3) is 4.74. The first-order chi connectivity index (χ1) is 10.9. The van der Waals surface area contributed by atoms with E-state index in [0.717, 1.165) is 16.8 Å². The molecule has 0 aliphatic rings. The third-order valence-electron chi connectivity index (χ3n) is 3.57. The molecule has 0 unspecified atom stereocenters. The molecule has 4 nitrogen and oxygen atoms in total. The van der Waals surface area contributed by atoms with Crippen molar-refractivity contribution in [1.82, 2.24) is 5.32 Å². The molecule has 122 valence electrons. The number of phenolic OH excluding ortho intramolecular Hbond substituents is 1. The first kappa shape index (κ1) is 16.9. The quantitative estimate of drug-likeness (QED) is 0.740. The van der Waals surface area contributed by atoms with Crippen LogP contribution in [0.25, 0.3) is 0 Å². The molecule has 0 aliphatic heterocycles. The van der Waals surface area contributed by atoms with Crippen molar-refractivity contribution in [3.63, 3.8) is 0 Å². The molecule has 4 heteroatoms. The van der Waals surface area contributed by atoms with Gasteiger partial charge in [-0.05, 0) is 29.2 Å². The van der Waals surface area contributed by atoms with Gasteiger partial charge in [-0.3, -0.25) is 4.79 Å². The van der Waals surface area contributed by atoms with Crippen LogP contribution in [-0.4, -0.2) is 24.1 Å². The molecule has 0 saturated carbocycles. The maximum atomic E-state index is 12.4. The Balaban J connectivity index is 1.91. The van der Waals surface area contributed by atoms with E-state index in [1.807, 2.05) is 30.3 Å². The van der Waals surface area contributed by atoms with Crippen molar-refractivity contribution < 1.29 is 9.90 Å². The molecule has 23 heavy (non-hydrogen) atoms. The number of anilines is 1. The van der Waals surface area contributed by atoms with Crippen molar-refractivity contribution in [2.75, 3.05) is 18.4 Å². The SMILES string of the molecule is CC(C)(C)c1ccccc1C(=O)NCCNc1cccc(O)c1. The molecule has 0 aromatic heterocycles. The second kappa shape index (κ2) is 7.18. The van der Waals surface area contributed by atoms with E-state index in [4.69, 9.17) is 0 Å². The molecule has 0 saturated heterocycles. The second-order valence-electron chi connectivity index (χ2n) is 6.53. The van der Waals surface area contributed by atoms with Gasteiger partial charge in [-0.1, -0.05) is 45.0 Å². The van der Waals surface area contributed by atoms with Crippen molar-refractivity contribution >= 4 is 11.6 Å². The Morgan fingerprint density at radius 1 is 1.04 bits per heavy atom. The van der Waals surface area contributed by atoms with Crippen LogP contribution in [0.15, 0.2) is 48.5 Å². The highest BCUT2D eigenvalue weighted by molar-refractivity contribution is 5.96. The normalized spacial score (nSPS) is 11.1. The van der Waals surface area contributed by atoms with Crippen LogP contribution in [0.2, 0.25) is 0 Å². The fourth-order valence-electron chi connectivity index (χ4n) is 2.43. The molecule has 0 atom stereocenters. The minimum atomic E-state index is -0.0756. The summed E-state index contributed by atoms with van der Waals surface area (Å²) in [6.07, 6.45) is 0. The summed E-state index contributed by atoms with van der Waals surface area (Å²) >= 11 is 0. The lowest BCUT2D eigenvalue weighted by molar-refractivity contribution is 0.0953. The summed E-state index contributed by atoms with van der Waals surface area (Å²) in [4.78, 5) is 12.4. The van der Waals surface area contributed by atoms with E-state index in [1.165, 1.54) is 0 Å². The molecular weight excluding hydrogens is 288 g/mol. The van der Waals surface area contributed by atoms with E-state index in [2.05, 4.69) is 31.4 Å². The molecule has 0 bridgehead atoms. The van der Waals surface area contributed by atoms with Gasteiger partial charge < -0.3 is 15.7 Å². The van der Waals surface area contributed by atoms with E-state index in [9.17, 15) is 9.90 Å². The van der Waals surface area contributed by atoms with Gasteiger partial charge in [0.05, 0.1) is 0 Å². The van der Waals surface area contributed by atoms with Crippen LogP contribution in [-0.2, 0) is 5.41 Å². The molecule has 0 heterocycles. The van der Waals surface area contributed by atoms with E-state index in [1.54, 1.807) is 18.2 Å². The zero-order valence-corrected chi connectivity index (χ0v) is 13.9. The molecule has 1 amide bonds. The predicted molar refractivity (Wildman–Crippen MR) is 94.1 cm³/mol. The molecule has 0 radical (unpaired) electrons. The number of carbonyl (C=O) groups is 1. The maximum absolute atomic E-state index is 12.4. The third-order valence-corrected chi connectivity index (χ3v) is 3.57. The van der Waals surface area contributed by atoms with Crippen molar-refractivity contribution in [1.29, 1.82) is 0 Å². The zero-order chi connectivity index (χ0) is 16.9. The molecule has 2 rings (SSSR count). The molecule has 3 N–H and O–H groups in total. The topological polar surface area (TPSA) is 61.4 Å². The number of benzene rings is 2. The van der Waals surface area contributed by atoms with Gasteiger partial charge in [0.2, 0.25) is 0 Å². The van der Waals surface area contributed by atoms with Crippen LogP contribution < -0.4 is 10.6 Å². The van der Waals surface area contributed by atoms with Gasteiger partial charge in [0.25, 0.3) is 5.91 Å². The van der Waals surface area contributed by atoms with Crippen LogP contribution in [0.1, 0.15) is 36.7 Å². The van der Waals surface area contributed by atoms with Crippen LogP contribution >= 0.6 is 0 Å². The Bertz CT molecular complexity index is 675. The Hall–Kier alpha value is -2.49. The van der Waals surface area contributed by atoms with E-state index >= 15 is 0 Å². The fraction of sp³-hybridized carbons (Fsp3) is 0.316. The van der Waals surface area contributed by atoms with E-state index in [0.29, 0.717) is 13.1 Å². The van der Waals surface area contributed by atoms with Gasteiger partial charge in [-0.2, -0.15) is 0 Å². The van der Waals surface area contributed by atoms with Gasteiger partial charge in [0.1, 0.15) is 5.75 Å². The van der Waals surface area contributed by atoms with Crippen molar-refractivity contribution in [3.05, 3.63) is 59.7 Å². The van der Waals surface area contributed by atoms with Gasteiger partial charge in [-0.25, -0.2) is 0 Å². The van der Waals surface area contributed by atoms with Gasteiger partial charge >= 0.3 is 0 Å². The summed E-state index contributed by atoms with van der Waals surface area (Å²) < 4.78 is 0. The van der Waals surface area contributed by atoms with E-state index < -0.39 is 0 Å². The number of rotatable bonds is 5. The second-order valence-corrected chi connectivity index (χ2v) is 6.53. The summed E-state index contributed by atoms with van der Waals surface area (Å²) in [5.74, 6) is 0.159. The van der Waals surface area contributed by atoms with Crippen molar-refractivity contribution in [3.8, 4) is 5.75 Å². The van der Waals surface area contributed by atoms with Gasteiger partial charge in [0.15, 0.2) is 0 Å². The first-order valence-electron chi connectivity index (χ1n) is 7.78. The highest BCUT2D eigenvalue weighted by Gasteiger charge is 2.20. The lowest BCUT2D eigenvalue weighted by Gasteiger charge is -2.22. The zero-order valence-electron chi connectivity index (χ0n) is 13.9. The summed E-state index contributed by atoms with van der Waals surface area (Å²) in [5, 5.41) is 15.5. The van der Waals surface area contributed by atoms with Gasteiger partial charge in [-0.15, -0.1) is 0 Å². The largest absolute Gasteiger partial charge is 0.508 e. The lowest BCUT2D eigenvalue weighted by Crippen LogP contribution is -2.31. The smallest absolute Gasteiger partial charge is 0.251 e. The average Bonchev–Trinajstić information content (AvgIpc) is 2.50. The number of nitrogens with one attached hydrogen (secondary N) is 2. The molecule has 0 aliphatic carbocycles. The number of hydrogen-bond acceptors (Lipinski definition) is 3. The molecular formula is C19H24N2O2. The monoisotopic (exact) mass is 312 g/mol. The Morgan fingerprint density at radius 2 is 1.78 bits per heavy atom. The average molecular weight is 312 g/mol. The predicted octanol–water partition coefficient (Wildman–Crippen LogP) is 3.53. The molecule has 2 aromatic rings. The summed E-state index contributed by atoms with van der Waals surface area (Å²) in [7, 11) is 0. The van der Waals surface area contributed by atoms with Crippen LogP contribution in [0, 0.1) is 0 Å². The maximum Gasteiger partial charge on any atom is 0.251 e.